The molecule has 2 aliphatic carbocycles. The summed E-state index contributed by atoms with van der Waals surface area (Å²) in [5, 5.41) is 11.7. The highest BCUT2D eigenvalue weighted by Crippen LogP contribution is 2.50. The standard InChI is InChI=1S/C31H45N3O2/c1-4-20-32(2)31(27-13-6-5-7-14-27)18-16-30(17-19-31)24-33(22-26-12-9-15-28(21-26)36-3)29(35)34(30)23-25-10-8-11-25/h5-7,9,12-15,21,25,29,35H,4,8,10-11,16-20,22-24H2,1-3H3/t29?,30-,31+. The van der Waals surface area contributed by atoms with Gasteiger partial charge in [0.2, 0.25) is 0 Å². The molecule has 1 saturated heterocycles. The minimum Gasteiger partial charge on any atom is -0.497 e. The Kier molecular flexibility index (Phi) is 7.73. The van der Waals surface area contributed by atoms with E-state index in [1.54, 1.807) is 7.11 Å². The summed E-state index contributed by atoms with van der Waals surface area (Å²) in [6.45, 7) is 6.10. The number of hydrogen-bond donors (Lipinski definition) is 1. The van der Waals surface area contributed by atoms with Crippen LogP contribution in [0.2, 0.25) is 0 Å². The predicted octanol–water partition coefficient (Wildman–Crippen LogP) is 5.44. The van der Waals surface area contributed by atoms with Gasteiger partial charge in [-0.3, -0.25) is 14.7 Å². The molecule has 2 saturated carbocycles. The minimum atomic E-state index is -0.519. The van der Waals surface area contributed by atoms with Crippen LogP contribution in [0.15, 0.2) is 54.6 Å². The van der Waals surface area contributed by atoms with Crippen LogP contribution in [-0.4, -0.2) is 65.5 Å². The Labute approximate surface area is 218 Å². The van der Waals surface area contributed by atoms with E-state index in [0.717, 1.165) is 70.0 Å². The SMILES string of the molecule is CCCN(C)[C@]1(c2ccccc2)CC[C@]2(CC1)CN(Cc1cccc(OC)c1)C(O)N2CC1CCC1. The second kappa shape index (κ2) is 10.8. The highest BCUT2D eigenvalue weighted by atomic mass is 16.5. The van der Waals surface area contributed by atoms with Crippen molar-refractivity contribution in [3.63, 3.8) is 0 Å². The normalized spacial score (nSPS) is 29.6. The third-order valence-corrected chi connectivity index (χ3v) is 9.52. The molecule has 1 spiro atoms. The Morgan fingerprint density at radius 3 is 2.42 bits per heavy atom. The molecule has 1 N–H and O–H groups in total. The summed E-state index contributed by atoms with van der Waals surface area (Å²) < 4.78 is 5.46. The first kappa shape index (κ1) is 25.7. The maximum Gasteiger partial charge on any atom is 0.166 e. The van der Waals surface area contributed by atoms with Gasteiger partial charge >= 0.3 is 0 Å². The number of ether oxygens (including phenoxy) is 1. The number of benzene rings is 2. The quantitative estimate of drug-likeness (QED) is 0.506. The molecule has 2 aromatic carbocycles. The smallest absolute Gasteiger partial charge is 0.166 e. The monoisotopic (exact) mass is 491 g/mol. The molecular formula is C31H45N3O2. The molecule has 3 fully saturated rings. The fourth-order valence-electron chi connectivity index (χ4n) is 7.14. The van der Waals surface area contributed by atoms with Gasteiger partial charge in [-0.15, -0.1) is 0 Å². The van der Waals surface area contributed by atoms with Gasteiger partial charge in [-0.25, -0.2) is 0 Å². The van der Waals surface area contributed by atoms with Gasteiger partial charge in [-0.05, 0) is 87.7 Å². The van der Waals surface area contributed by atoms with Crippen LogP contribution in [-0.2, 0) is 12.1 Å². The molecule has 0 amide bonds. The molecule has 5 heteroatoms. The van der Waals surface area contributed by atoms with E-state index < -0.39 is 6.35 Å². The third-order valence-electron chi connectivity index (χ3n) is 9.52. The van der Waals surface area contributed by atoms with Crippen molar-refractivity contribution in [3.8, 4) is 5.75 Å². The lowest BCUT2D eigenvalue weighted by molar-refractivity contribution is -0.105. The Hall–Kier alpha value is -1.92. The Balaban J connectivity index is 1.40. The van der Waals surface area contributed by atoms with Gasteiger partial charge in [0.15, 0.2) is 6.35 Å². The third kappa shape index (κ3) is 4.83. The summed E-state index contributed by atoms with van der Waals surface area (Å²) in [6, 6.07) is 19.5. The molecule has 2 aromatic rings. The average Bonchev–Trinajstić information content (AvgIpc) is 3.12. The zero-order valence-electron chi connectivity index (χ0n) is 22.5. The minimum absolute atomic E-state index is 0.0409. The van der Waals surface area contributed by atoms with Gasteiger partial charge in [0.05, 0.1) is 7.11 Å². The topological polar surface area (TPSA) is 39.2 Å². The Bertz CT molecular complexity index is 984. The van der Waals surface area contributed by atoms with Crippen molar-refractivity contribution in [1.29, 1.82) is 0 Å². The lowest BCUT2D eigenvalue weighted by Gasteiger charge is -2.53. The van der Waals surface area contributed by atoms with E-state index in [-0.39, 0.29) is 11.1 Å². The predicted molar refractivity (Wildman–Crippen MR) is 146 cm³/mol. The van der Waals surface area contributed by atoms with Crippen LogP contribution < -0.4 is 4.74 Å². The van der Waals surface area contributed by atoms with Crippen LogP contribution in [0.1, 0.15) is 69.4 Å². The van der Waals surface area contributed by atoms with E-state index in [9.17, 15) is 5.11 Å². The average molecular weight is 492 g/mol. The van der Waals surface area contributed by atoms with Gasteiger partial charge in [0, 0.05) is 30.7 Å². The first-order chi connectivity index (χ1) is 17.5. The lowest BCUT2D eigenvalue weighted by Crippen LogP contribution is -2.57. The number of aliphatic hydroxyl groups excluding tert-OH is 1. The van der Waals surface area contributed by atoms with Gasteiger partial charge in [0.1, 0.15) is 5.75 Å². The molecule has 0 radical (unpaired) electrons. The van der Waals surface area contributed by atoms with E-state index >= 15 is 0 Å². The van der Waals surface area contributed by atoms with Crippen LogP contribution >= 0.6 is 0 Å². The molecule has 1 aliphatic heterocycles. The number of rotatable bonds is 9. The Morgan fingerprint density at radius 1 is 1.03 bits per heavy atom. The van der Waals surface area contributed by atoms with E-state index in [1.165, 1.54) is 30.4 Å². The van der Waals surface area contributed by atoms with Gasteiger partial charge in [-0.2, -0.15) is 0 Å². The fourth-order valence-corrected chi connectivity index (χ4v) is 7.14. The molecule has 3 aliphatic rings. The number of methoxy groups -OCH3 is 1. The maximum atomic E-state index is 11.7. The summed E-state index contributed by atoms with van der Waals surface area (Å²) in [6.07, 6.45) is 9.11. The lowest BCUT2D eigenvalue weighted by atomic mass is 9.67. The molecule has 1 heterocycles. The number of nitrogens with zero attached hydrogens (tertiary/aromatic N) is 3. The summed E-state index contributed by atoms with van der Waals surface area (Å²) in [7, 11) is 4.04. The van der Waals surface area contributed by atoms with Crippen LogP contribution in [0.3, 0.4) is 0 Å². The van der Waals surface area contributed by atoms with E-state index in [0.29, 0.717) is 0 Å². The molecule has 1 atom stereocenters. The zero-order valence-corrected chi connectivity index (χ0v) is 22.5. The van der Waals surface area contributed by atoms with Crippen molar-refractivity contribution < 1.29 is 9.84 Å². The molecule has 196 valence electrons. The molecule has 0 bridgehead atoms. The van der Waals surface area contributed by atoms with Crippen molar-refractivity contribution in [2.75, 3.05) is 33.8 Å². The highest BCUT2D eigenvalue weighted by molar-refractivity contribution is 5.29. The number of aliphatic hydroxyl groups is 1. The number of hydrogen-bond acceptors (Lipinski definition) is 5. The van der Waals surface area contributed by atoms with Crippen molar-refractivity contribution >= 4 is 0 Å². The highest BCUT2D eigenvalue weighted by Gasteiger charge is 2.55. The van der Waals surface area contributed by atoms with Gasteiger partial charge in [0.25, 0.3) is 0 Å². The Morgan fingerprint density at radius 2 is 1.78 bits per heavy atom. The summed E-state index contributed by atoms with van der Waals surface area (Å²) in [5.41, 5.74) is 2.77. The molecule has 1 unspecified atom stereocenters. The van der Waals surface area contributed by atoms with Crippen LogP contribution in [0.25, 0.3) is 0 Å². The fraction of sp³-hybridized carbons (Fsp3) is 0.613. The van der Waals surface area contributed by atoms with Crippen molar-refractivity contribution in [2.24, 2.45) is 5.92 Å². The molecular weight excluding hydrogens is 446 g/mol. The van der Waals surface area contributed by atoms with E-state index in [2.05, 4.69) is 77.2 Å². The second-order valence-corrected chi connectivity index (χ2v) is 11.6. The van der Waals surface area contributed by atoms with Crippen LogP contribution in [0.4, 0.5) is 0 Å². The van der Waals surface area contributed by atoms with Gasteiger partial charge in [-0.1, -0.05) is 55.8 Å². The first-order valence-electron chi connectivity index (χ1n) is 14.1. The van der Waals surface area contributed by atoms with Crippen LogP contribution in [0.5, 0.6) is 5.75 Å². The summed E-state index contributed by atoms with van der Waals surface area (Å²) in [5.74, 6) is 1.61. The molecule has 36 heavy (non-hydrogen) atoms. The summed E-state index contributed by atoms with van der Waals surface area (Å²) in [4.78, 5) is 7.43. The maximum absolute atomic E-state index is 11.7. The molecule has 5 nitrogen and oxygen atoms in total. The van der Waals surface area contributed by atoms with Crippen molar-refractivity contribution in [3.05, 3.63) is 65.7 Å². The molecule has 0 aromatic heterocycles. The largest absolute Gasteiger partial charge is 0.497 e. The summed E-state index contributed by atoms with van der Waals surface area (Å²) >= 11 is 0. The zero-order chi connectivity index (χ0) is 25.2. The van der Waals surface area contributed by atoms with E-state index in [1.807, 2.05) is 6.07 Å². The molecule has 5 rings (SSSR count). The van der Waals surface area contributed by atoms with Crippen molar-refractivity contribution in [2.45, 2.75) is 82.3 Å². The second-order valence-electron chi connectivity index (χ2n) is 11.6. The first-order valence-corrected chi connectivity index (χ1v) is 14.1. The van der Waals surface area contributed by atoms with E-state index in [4.69, 9.17) is 4.74 Å². The van der Waals surface area contributed by atoms with Crippen LogP contribution in [0, 0.1) is 5.92 Å². The van der Waals surface area contributed by atoms with Crippen molar-refractivity contribution in [1.82, 2.24) is 14.7 Å². The van der Waals surface area contributed by atoms with Gasteiger partial charge < -0.3 is 9.84 Å².